The molecule has 3 N–H and O–H groups in total. The molecule has 0 aliphatic carbocycles. The Balaban J connectivity index is 2.25. The van der Waals surface area contributed by atoms with Crippen LogP contribution in [0.1, 0.15) is 18.7 Å². The average Bonchev–Trinajstić information content (AvgIpc) is 2.86. The van der Waals surface area contributed by atoms with E-state index >= 15 is 0 Å². The molecule has 1 aliphatic rings. The molecule has 1 aromatic heterocycles. The summed E-state index contributed by atoms with van der Waals surface area (Å²) < 4.78 is 32.8. The van der Waals surface area contributed by atoms with Gasteiger partial charge >= 0.3 is 0 Å². The number of nitrogens with two attached hydrogens (primary N) is 1. The first-order valence-corrected chi connectivity index (χ1v) is 9.12. The molecule has 0 radical (unpaired) electrons. The van der Waals surface area contributed by atoms with Crippen LogP contribution in [0.15, 0.2) is 16.3 Å². The predicted octanol–water partition coefficient (Wildman–Crippen LogP) is 0.410. The fraction of sp³-hybridized carbons (Fsp3) is 0.692. The summed E-state index contributed by atoms with van der Waals surface area (Å²) in [6, 6.07) is 3.43. The Bertz CT molecular complexity index is 583. The first-order valence-electron chi connectivity index (χ1n) is 6.86. The fourth-order valence-electron chi connectivity index (χ4n) is 2.42. The van der Waals surface area contributed by atoms with Crippen LogP contribution in [0, 0.1) is 0 Å². The van der Waals surface area contributed by atoms with Gasteiger partial charge < -0.3 is 15.6 Å². The molecule has 1 atom stereocenters. The molecule has 21 heavy (non-hydrogen) atoms. The molecule has 1 unspecified atom stereocenters. The summed E-state index contributed by atoms with van der Waals surface area (Å²) >= 11 is 1.25. The van der Waals surface area contributed by atoms with E-state index in [1.807, 2.05) is 13.8 Å². The third-order valence-corrected chi connectivity index (χ3v) is 6.70. The molecule has 1 aromatic rings. The lowest BCUT2D eigenvalue weighted by atomic mass is 10.1. The Morgan fingerprint density at radius 1 is 1.52 bits per heavy atom. The zero-order valence-corrected chi connectivity index (χ0v) is 13.9. The van der Waals surface area contributed by atoms with Crippen molar-refractivity contribution in [2.75, 3.05) is 26.2 Å². The lowest BCUT2D eigenvalue weighted by Crippen LogP contribution is -2.55. The number of ether oxygens (including phenoxy) is 1. The van der Waals surface area contributed by atoms with E-state index in [4.69, 9.17) is 10.5 Å². The van der Waals surface area contributed by atoms with Crippen LogP contribution in [-0.4, -0.2) is 55.8 Å². The summed E-state index contributed by atoms with van der Waals surface area (Å²) in [5, 5.41) is 9.29. The first-order chi connectivity index (χ1) is 9.78. The average molecular weight is 334 g/mol. The van der Waals surface area contributed by atoms with E-state index in [9.17, 15) is 13.5 Å². The van der Waals surface area contributed by atoms with E-state index in [-0.39, 0.29) is 19.7 Å². The van der Waals surface area contributed by atoms with E-state index in [2.05, 4.69) is 0 Å². The van der Waals surface area contributed by atoms with Crippen LogP contribution < -0.4 is 5.73 Å². The zero-order chi connectivity index (χ0) is 15.7. The Hall–Kier alpha value is -0.510. The maximum Gasteiger partial charge on any atom is 0.252 e. The molecule has 1 aliphatic heterocycles. The molecule has 1 fully saturated rings. The minimum Gasteiger partial charge on any atom is -0.394 e. The minimum atomic E-state index is -3.55. The van der Waals surface area contributed by atoms with Gasteiger partial charge in [-0.05, 0) is 38.9 Å². The van der Waals surface area contributed by atoms with Crippen LogP contribution in [-0.2, 0) is 21.2 Å². The van der Waals surface area contributed by atoms with Crippen molar-refractivity contribution in [2.45, 2.75) is 36.2 Å². The lowest BCUT2D eigenvalue weighted by Gasteiger charge is -2.41. The molecule has 120 valence electrons. The van der Waals surface area contributed by atoms with Crippen molar-refractivity contribution in [2.24, 2.45) is 5.73 Å². The van der Waals surface area contributed by atoms with Crippen molar-refractivity contribution < 1.29 is 18.3 Å². The standard InChI is InChI=1S/C13H22N2O4S2/c1-13(2)9-15(7-10(8-16)19-13)21(17,18)12-4-3-11(20-12)5-6-14/h3-4,10,16H,5-9,14H2,1-2H3. The van der Waals surface area contributed by atoms with Crippen LogP contribution in [0.5, 0.6) is 0 Å². The first kappa shape index (κ1) is 16.9. The Labute approximate surface area is 129 Å². The number of nitrogens with zero attached hydrogens (tertiary/aromatic N) is 1. The van der Waals surface area contributed by atoms with Gasteiger partial charge in [0.15, 0.2) is 0 Å². The van der Waals surface area contributed by atoms with Crippen molar-refractivity contribution in [3.8, 4) is 0 Å². The number of hydrogen-bond acceptors (Lipinski definition) is 6. The minimum absolute atomic E-state index is 0.173. The number of aliphatic hydroxyl groups is 1. The van der Waals surface area contributed by atoms with E-state index < -0.39 is 21.7 Å². The summed E-state index contributed by atoms with van der Waals surface area (Å²) in [6.07, 6.45) is 0.181. The molecule has 0 aromatic carbocycles. The molecular formula is C13H22N2O4S2. The third kappa shape index (κ3) is 3.82. The number of morpholine rings is 1. The number of thiophene rings is 1. The molecule has 0 saturated carbocycles. The maximum atomic E-state index is 12.7. The number of rotatable bonds is 5. The van der Waals surface area contributed by atoms with Crippen molar-refractivity contribution in [3.63, 3.8) is 0 Å². The summed E-state index contributed by atoms with van der Waals surface area (Å²) in [5.41, 5.74) is 4.88. The van der Waals surface area contributed by atoms with Gasteiger partial charge in [-0.15, -0.1) is 11.3 Å². The largest absolute Gasteiger partial charge is 0.394 e. The molecule has 2 rings (SSSR count). The molecule has 2 heterocycles. The highest BCUT2D eigenvalue weighted by Gasteiger charge is 2.39. The second kappa shape index (κ2) is 6.31. The normalized spacial score (nSPS) is 23.3. The Morgan fingerprint density at radius 2 is 2.24 bits per heavy atom. The molecule has 0 bridgehead atoms. The van der Waals surface area contributed by atoms with E-state index in [1.165, 1.54) is 15.6 Å². The van der Waals surface area contributed by atoms with Crippen molar-refractivity contribution in [3.05, 3.63) is 17.0 Å². The Morgan fingerprint density at radius 3 is 2.86 bits per heavy atom. The van der Waals surface area contributed by atoms with Crippen LogP contribution >= 0.6 is 11.3 Å². The number of hydrogen-bond donors (Lipinski definition) is 2. The fourth-order valence-corrected chi connectivity index (χ4v) is 5.57. The van der Waals surface area contributed by atoms with Crippen molar-refractivity contribution >= 4 is 21.4 Å². The summed E-state index contributed by atoms with van der Waals surface area (Å²) in [7, 11) is -3.55. The number of sulfonamides is 1. The van der Waals surface area contributed by atoms with E-state index in [0.29, 0.717) is 17.2 Å². The summed E-state index contributed by atoms with van der Waals surface area (Å²) in [5.74, 6) is 0. The van der Waals surface area contributed by atoms with Crippen LogP contribution in [0.2, 0.25) is 0 Å². The van der Waals surface area contributed by atoms with Gasteiger partial charge in [0.2, 0.25) is 0 Å². The van der Waals surface area contributed by atoms with E-state index in [1.54, 1.807) is 12.1 Å². The van der Waals surface area contributed by atoms with Gasteiger partial charge in [0, 0.05) is 18.0 Å². The SMILES string of the molecule is CC1(C)CN(S(=O)(=O)c2ccc(CCN)s2)CC(CO)O1. The number of aliphatic hydroxyl groups excluding tert-OH is 1. The molecular weight excluding hydrogens is 312 g/mol. The summed E-state index contributed by atoms with van der Waals surface area (Å²) in [4.78, 5) is 0.960. The molecule has 8 heteroatoms. The molecule has 0 amide bonds. The van der Waals surface area contributed by atoms with Crippen molar-refractivity contribution in [1.29, 1.82) is 0 Å². The van der Waals surface area contributed by atoms with E-state index in [0.717, 1.165) is 4.88 Å². The smallest absolute Gasteiger partial charge is 0.252 e. The highest BCUT2D eigenvalue weighted by molar-refractivity contribution is 7.91. The highest BCUT2D eigenvalue weighted by atomic mass is 32.2. The zero-order valence-electron chi connectivity index (χ0n) is 12.3. The van der Waals surface area contributed by atoms with Crippen molar-refractivity contribution in [1.82, 2.24) is 4.31 Å². The molecule has 6 nitrogen and oxygen atoms in total. The highest BCUT2D eigenvalue weighted by Crippen LogP contribution is 2.30. The third-order valence-electron chi connectivity index (χ3n) is 3.28. The van der Waals surface area contributed by atoms with Crippen LogP contribution in [0.25, 0.3) is 0 Å². The van der Waals surface area contributed by atoms with Gasteiger partial charge in [0.25, 0.3) is 10.0 Å². The van der Waals surface area contributed by atoms with Gasteiger partial charge in [-0.1, -0.05) is 0 Å². The summed E-state index contributed by atoms with van der Waals surface area (Å²) in [6.45, 7) is 4.40. The topological polar surface area (TPSA) is 92.9 Å². The van der Waals surface area contributed by atoms with Gasteiger partial charge in [-0.3, -0.25) is 0 Å². The van der Waals surface area contributed by atoms with Crippen LogP contribution in [0.4, 0.5) is 0 Å². The second-order valence-electron chi connectivity index (χ2n) is 5.74. The second-order valence-corrected chi connectivity index (χ2v) is 9.07. The monoisotopic (exact) mass is 334 g/mol. The van der Waals surface area contributed by atoms with Crippen LogP contribution in [0.3, 0.4) is 0 Å². The maximum absolute atomic E-state index is 12.7. The van der Waals surface area contributed by atoms with Gasteiger partial charge in [0.1, 0.15) is 4.21 Å². The molecule has 1 saturated heterocycles. The van der Waals surface area contributed by atoms with Gasteiger partial charge in [-0.25, -0.2) is 8.42 Å². The van der Waals surface area contributed by atoms with Gasteiger partial charge in [0.05, 0.1) is 18.3 Å². The Kier molecular flexibility index (Phi) is 5.07. The van der Waals surface area contributed by atoms with Gasteiger partial charge in [-0.2, -0.15) is 4.31 Å². The lowest BCUT2D eigenvalue weighted by molar-refractivity contribution is -0.131. The quantitative estimate of drug-likeness (QED) is 0.813. The predicted molar refractivity (Wildman–Crippen MR) is 81.9 cm³/mol. The molecule has 0 spiro atoms.